The van der Waals surface area contributed by atoms with Crippen molar-refractivity contribution in [2.24, 2.45) is 0 Å². The highest BCUT2D eigenvalue weighted by atomic mass is 32.2. The monoisotopic (exact) mass is 421 g/mol. The number of hydrogen-bond acceptors (Lipinski definition) is 4. The average molecular weight is 422 g/mol. The Morgan fingerprint density at radius 2 is 1.62 bits per heavy atom. The Hall–Kier alpha value is -1.44. The van der Waals surface area contributed by atoms with Crippen LogP contribution in [0.2, 0.25) is 0 Å². The van der Waals surface area contributed by atoms with Crippen LogP contribution in [0.5, 0.6) is 0 Å². The van der Waals surface area contributed by atoms with E-state index in [0.29, 0.717) is 18.7 Å². The molecule has 0 unspecified atom stereocenters. The van der Waals surface area contributed by atoms with E-state index in [4.69, 9.17) is 0 Å². The zero-order chi connectivity index (χ0) is 20.9. The number of amides is 1. The van der Waals surface area contributed by atoms with Gasteiger partial charge in [-0.2, -0.15) is 4.31 Å². The summed E-state index contributed by atoms with van der Waals surface area (Å²) in [5.74, 6) is 0.0228. The van der Waals surface area contributed by atoms with Crippen LogP contribution in [0.4, 0.5) is 0 Å². The van der Waals surface area contributed by atoms with Crippen molar-refractivity contribution < 1.29 is 13.2 Å². The van der Waals surface area contributed by atoms with E-state index in [2.05, 4.69) is 4.90 Å². The predicted molar refractivity (Wildman–Crippen MR) is 116 cm³/mol. The molecule has 3 rings (SSSR count). The molecule has 0 bridgehead atoms. The van der Waals surface area contributed by atoms with Gasteiger partial charge in [-0.25, -0.2) is 8.42 Å². The number of benzene rings is 1. The van der Waals surface area contributed by atoms with Crippen LogP contribution in [-0.2, 0) is 10.0 Å². The molecule has 7 heteroatoms. The van der Waals surface area contributed by atoms with Crippen LogP contribution < -0.4 is 0 Å². The molecule has 2 fully saturated rings. The van der Waals surface area contributed by atoms with Crippen molar-refractivity contribution in [3.63, 3.8) is 0 Å². The number of nitrogens with zero attached hydrogens (tertiary/aromatic N) is 3. The molecular formula is C22H35N3O3S. The van der Waals surface area contributed by atoms with E-state index in [1.54, 1.807) is 24.3 Å². The lowest BCUT2D eigenvalue weighted by Gasteiger charge is -2.28. The van der Waals surface area contributed by atoms with Crippen molar-refractivity contribution in [1.29, 1.82) is 0 Å². The van der Waals surface area contributed by atoms with Gasteiger partial charge >= 0.3 is 0 Å². The van der Waals surface area contributed by atoms with E-state index in [0.717, 1.165) is 51.9 Å². The number of rotatable bonds is 9. The maximum absolute atomic E-state index is 13.1. The molecule has 1 atom stereocenters. The van der Waals surface area contributed by atoms with Gasteiger partial charge in [-0.05, 0) is 75.9 Å². The number of sulfonamides is 1. The summed E-state index contributed by atoms with van der Waals surface area (Å²) in [4.78, 5) is 17.8. The molecule has 2 heterocycles. The fourth-order valence-electron chi connectivity index (χ4n) is 4.49. The quantitative estimate of drug-likeness (QED) is 0.614. The van der Waals surface area contributed by atoms with E-state index < -0.39 is 10.0 Å². The van der Waals surface area contributed by atoms with Gasteiger partial charge in [-0.3, -0.25) is 4.79 Å². The lowest BCUT2D eigenvalue weighted by molar-refractivity contribution is 0.0708. The average Bonchev–Trinajstić information content (AvgIpc) is 3.40. The summed E-state index contributed by atoms with van der Waals surface area (Å²) in [5, 5.41) is 0. The second-order valence-corrected chi connectivity index (χ2v) is 10.2. The first-order valence-corrected chi connectivity index (χ1v) is 12.5. The van der Waals surface area contributed by atoms with Crippen LogP contribution in [0.3, 0.4) is 0 Å². The van der Waals surface area contributed by atoms with Gasteiger partial charge in [0.1, 0.15) is 0 Å². The molecule has 2 saturated heterocycles. The highest BCUT2D eigenvalue weighted by Crippen LogP contribution is 2.24. The Labute approximate surface area is 175 Å². The summed E-state index contributed by atoms with van der Waals surface area (Å²) in [7, 11) is -3.51. The molecular weight excluding hydrogens is 386 g/mol. The predicted octanol–water partition coefficient (Wildman–Crippen LogP) is 3.20. The Kier molecular flexibility index (Phi) is 7.71. The number of likely N-dealkylation sites (tertiary alicyclic amines) is 2. The molecule has 0 aliphatic carbocycles. The second kappa shape index (κ2) is 10.0. The minimum atomic E-state index is -3.51. The smallest absolute Gasteiger partial charge is 0.254 e. The zero-order valence-corrected chi connectivity index (χ0v) is 18.7. The Balaban J connectivity index is 1.70. The van der Waals surface area contributed by atoms with Gasteiger partial charge in [0, 0.05) is 37.8 Å². The Morgan fingerprint density at radius 1 is 1.00 bits per heavy atom. The van der Waals surface area contributed by atoms with Crippen molar-refractivity contribution in [3.8, 4) is 0 Å². The van der Waals surface area contributed by atoms with Crippen LogP contribution >= 0.6 is 0 Å². The second-order valence-electron chi connectivity index (χ2n) is 8.23. The molecule has 0 saturated carbocycles. The number of carbonyl (C=O) groups is 1. The number of hydrogen-bond donors (Lipinski definition) is 0. The van der Waals surface area contributed by atoms with Gasteiger partial charge in [-0.1, -0.05) is 13.8 Å². The molecule has 162 valence electrons. The van der Waals surface area contributed by atoms with Crippen molar-refractivity contribution in [2.45, 2.75) is 63.3 Å². The lowest BCUT2D eigenvalue weighted by Crippen LogP contribution is -2.42. The molecule has 1 amide bonds. The van der Waals surface area contributed by atoms with Gasteiger partial charge in [-0.15, -0.1) is 0 Å². The van der Waals surface area contributed by atoms with E-state index in [1.165, 1.54) is 17.1 Å². The van der Waals surface area contributed by atoms with Crippen LogP contribution in [-0.4, -0.2) is 73.7 Å². The summed E-state index contributed by atoms with van der Waals surface area (Å²) in [6, 6.07) is 6.81. The Morgan fingerprint density at radius 3 is 2.21 bits per heavy atom. The van der Waals surface area contributed by atoms with Gasteiger partial charge in [0.15, 0.2) is 0 Å². The molecule has 29 heavy (non-hydrogen) atoms. The largest absolute Gasteiger partial charge is 0.334 e. The van der Waals surface area contributed by atoms with Crippen molar-refractivity contribution in [1.82, 2.24) is 14.1 Å². The third-order valence-corrected chi connectivity index (χ3v) is 7.90. The fraction of sp³-hybridized carbons (Fsp3) is 0.682. The molecule has 2 aliphatic heterocycles. The highest BCUT2D eigenvalue weighted by Gasteiger charge is 2.31. The van der Waals surface area contributed by atoms with Gasteiger partial charge in [0.25, 0.3) is 5.91 Å². The van der Waals surface area contributed by atoms with Crippen LogP contribution in [0.25, 0.3) is 0 Å². The standard InChI is InChI=1S/C22H35N3O3S/c1-3-13-24(14-4-2)29(27,28)21-11-9-19(10-12-21)22(26)25-17-7-8-20(25)18-23-15-5-6-16-23/h9-12,20H,3-8,13-18H2,1-2H3/t20-/m0/s1. The first-order chi connectivity index (χ1) is 14.0. The molecule has 2 aliphatic rings. The van der Waals surface area contributed by atoms with E-state index in [1.807, 2.05) is 18.7 Å². The summed E-state index contributed by atoms with van der Waals surface area (Å²) in [5.41, 5.74) is 0.579. The molecule has 1 aromatic carbocycles. The lowest BCUT2D eigenvalue weighted by atomic mass is 10.1. The molecule has 6 nitrogen and oxygen atoms in total. The van der Waals surface area contributed by atoms with E-state index in [9.17, 15) is 13.2 Å². The molecule has 0 radical (unpaired) electrons. The van der Waals surface area contributed by atoms with E-state index >= 15 is 0 Å². The summed E-state index contributed by atoms with van der Waals surface area (Å²) < 4.78 is 27.4. The van der Waals surface area contributed by atoms with Gasteiger partial charge in [0.05, 0.1) is 4.90 Å². The first kappa shape index (κ1) is 22.2. The van der Waals surface area contributed by atoms with Crippen molar-refractivity contribution >= 4 is 15.9 Å². The minimum absolute atomic E-state index is 0.0228. The van der Waals surface area contributed by atoms with Crippen molar-refractivity contribution in [3.05, 3.63) is 29.8 Å². The van der Waals surface area contributed by atoms with E-state index in [-0.39, 0.29) is 16.8 Å². The van der Waals surface area contributed by atoms with Crippen LogP contribution in [0, 0.1) is 0 Å². The Bertz CT molecular complexity index is 767. The maximum Gasteiger partial charge on any atom is 0.254 e. The third kappa shape index (κ3) is 5.19. The van der Waals surface area contributed by atoms with Gasteiger partial charge in [0.2, 0.25) is 10.0 Å². The molecule has 1 aromatic rings. The van der Waals surface area contributed by atoms with Crippen LogP contribution in [0.15, 0.2) is 29.2 Å². The number of carbonyl (C=O) groups excluding carboxylic acids is 1. The van der Waals surface area contributed by atoms with Crippen LogP contribution in [0.1, 0.15) is 62.7 Å². The fourth-order valence-corrected chi connectivity index (χ4v) is 6.12. The molecule has 0 aromatic heterocycles. The highest BCUT2D eigenvalue weighted by molar-refractivity contribution is 7.89. The summed E-state index contributed by atoms with van der Waals surface area (Å²) in [6.45, 7) is 9.02. The molecule has 0 N–H and O–H groups in total. The summed E-state index contributed by atoms with van der Waals surface area (Å²) >= 11 is 0. The minimum Gasteiger partial charge on any atom is -0.334 e. The normalized spacial score (nSPS) is 20.7. The maximum atomic E-state index is 13.1. The van der Waals surface area contributed by atoms with Gasteiger partial charge < -0.3 is 9.80 Å². The molecule has 0 spiro atoms. The van der Waals surface area contributed by atoms with Crippen molar-refractivity contribution in [2.75, 3.05) is 39.3 Å². The topological polar surface area (TPSA) is 60.9 Å². The third-order valence-electron chi connectivity index (χ3n) is 5.99. The first-order valence-electron chi connectivity index (χ1n) is 11.1. The SMILES string of the molecule is CCCN(CCC)S(=O)(=O)c1ccc(C(=O)N2CCC[C@H]2CN2CCCC2)cc1. The zero-order valence-electron chi connectivity index (χ0n) is 17.8. The summed E-state index contributed by atoms with van der Waals surface area (Å²) in [6.07, 6.45) is 6.16.